The number of unbranched alkanes of at least 4 members (excludes halogenated alkanes) is 5. The zero-order chi connectivity index (χ0) is 32.9. The highest BCUT2D eigenvalue weighted by Gasteiger charge is 2.36. The molecule has 4 nitrogen and oxygen atoms in total. The number of fused-ring (bicyclic) bond motifs is 2. The molecule has 0 atom stereocenters. The molecule has 0 saturated heterocycles. The standard InChI is InChI=1S/C40H33N3OS4/c1-2-3-4-5-6-11-24-41-37(44)27-20-21-29-36-30(23-22-28(35(27)36)38(41)45)40(47)43(39(29)46)26-18-16-25(17-19-26)42-31-12-7-9-14-33(31)48-34-15-10-8-13-32(34)42/h7-10,12-23H,2-6,11,24H2,1H3. The number of hydrogen-bond donors (Lipinski definition) is 0. The van der Waals surface area contributed by atoms with Crippen LogP contribution in [0.5, 0.6) is 0 Å². The van der Waals surface area contributed by atoms with E-state index in [0.29, 0.717) is 27.1 Å². The summed E-state index contributed by atoms with van der Waals surface area (Å²) in [5.41, 5.74) is 7.66. The Morgan fingerprint density at radius 3 is 1.62 bits per heavy atom. The smallest absolute Gasteiger partial charge is 0.259 e. The van der Waals surface area contributed by atoms with Gasteiger partial charge < -0.3 is 4.90 Å². The van der Waals surface area contributed by atoms with Crippen LogP contribution >= 0.6 is 48.4 Å². The number of amides is 1. The van der Waals surface area contributed by atoms with Crippen LogP contribution < -0.4 is 9.80 Å². The Morgan fingerprint density at radius 1 is 0.542 bits per heavy atom. The van der Waals surface area contributed by atoms with Gasteiger partial charge in [0.15, 0.2) is 0 Å². The Hall–Kier alpha value is -3.95. The van der Waals surface area contributed by atoms with Crippen molar-refractivity contribution in [1.82, 2.24) is 4.90 Å². The first-order valence-electron chi connectivity index (χ1n) is 16.6. The number of rotatable bonds is 9. The summed E-state index contributed by atoms with van der Waals surface area (Å²) in [7, 11) is 0. The largest absolute Gasteiger partial charge is 0.308 e. The molecule has 5 aromatic rings. The number of carbonyl (C=O) groups is 1. The molecular formula is C40H33N3OS4. The van der Waals surface area contributed by atoms with E-state index in [-0.39, 0.29) is 5.91 Å². The lowest BCUT2D eigenvalue weighted by atomic mass is 9.86. The highest BCUT2D eigenvalue weighted by molar-refractivity contribution is 7.99. The molecular weight excluding hydrogens is 667 g/mol. The van der Waals surface area contributed by atoms with Crippen LogP contribution in [0.1, 0.15) is 72.5 Å². The summed E-state index contributed by atoms with van der Waals surface area (Å²) in [6, 6.07) is 33.5. The van der Waals surface area contributed by atoms with Crippen LogP contribution in [-0.2, 0) is 0 Å². The maximum absolute atomic E-state index is 13.8. The van der Waals surface area contributed by atoms with E-state index in [1.807, 2.05) is 23.1 Å². The van der Waals surface area contributed by atoms with Crippen LogP contribution in [0, 0.1) is 0 Å². The van der Waals surface area contributed by atoms with Crippen LogP contribution in [0.2, 0.25) is 0 Å². The summed E-state index contributed by atoms with van der Waals surface area (Å²) in [6.07, 6.45) is 6.96. The van der Waals surface area contributed by atoms with Crippen molar-refractivity contribution < 1.29 is 4.79 Å². The molecule has 0 aromatic heterocycles. The third-order valence-electron chi connectivity index (χ3n) is 9.51. The van der Waals surface area contributed by atoms with Gasteiger partial charge in [0.2, 0.25) is 0 Å². The Kier molecular flexibility index (Phi) is 8.37. The molecule has 238 valence electrons. The lowest BCUT2D eigenvalue weighted by Crippen LogP contribution is -2.42. The van der Waals surface area contributed by atoms with Crippen molar-refractivity contribution in [1.29, 1.82) is 0 Å². The maximum Gasteiger partial charge on any atom is 0.259 e. The van der Waals surface area contributed by atoms with Gasteiger partial charge in [-0.15, -0.1) is 0 Å². The van der Waals surface area contributed by atoms with Crippen LogP contribution in [-0.4, -0.2) is 32.3 Å². The number of benzene rings is 5. The van der Waals surface area contributed by atoms with Crippen molar-refractivity contribution >= 4 is 103 Å². The summed E-state index contributed by atoms with van der Waals surface area (Å²) in [4.78, 5) is 24.2. The minimum absolute atomic E-state index is 0.0288. The van der Waals surface area contributed by atoms with E-state index < -0.39 is 0 Å². The Bertz CT molecular complexity index is 2040. The topological polar surface area (TPSA) is 26.8 Å². The van der Waals surface area contributed by atoms with Gasteiger partial charge in [0, 0.05) is 60.7 Å². The first kappa shape index (κ1) is 31.3. The van der Waals surface area contributed by atoms with Crippen molar-refractivity contribution in [3.63, 3.8) is 0 Å². The van der Waals surface area contributed by atoms with Crippen LogP contribution in [0.15, 0.2) is 107 Å². The van der Waals surface area contributed by atoms with Gasteiger partial charge in [-0.1, -0.05) is 130 Å². The predicted molar refractivity (Wildman–Crippen MR) is 211 cm³/mol. The molecule has 48 heavy (non-hydrogen) atoms. The van der Waals surface area contributed by atoms with Gasteiger partial charge in [0.25, 0.3) is 5.91 Å². The van der Waals surface area contributed by atoms with Gasteiger partial charge in [-0.05, 0) is 61.0 Å². The third kappa shape index (κ3) is 5.08. The van der Waals surface area contributed by atoms with Gasteiger partial charge in [0.1, 0.15) is 15.0 Å². The average molecular weight is 700 g/mol. The molecule has 0 fully saturated rings. The lowest BCUT2D eigenvalue weighted by Gasteiger charge is -2.36. The van der Waals surface area contributed by atoms with Crippen LogP contribution in [0.25, 0.3) is 10.8 Å². The Labute approximate surface area is 301 Å². The normalized spacial score (nSPS) is 14.9. The number of carbonyl (C=O) groups excluding carboxylic acids is 1. The molecule has 1 amide bonds. The number of nitrogens with zero attached hydrogens (tertiary/aromatic N) is 3. The van der Waals surface area contributed by atoms with Gasteiger partial charge >= 0.3 is 0 Å². The number of thiocarbonyl (C=S) groups is 3. The number of hydrogen-bond acceptors (Lipinski definition) is 6. The van der Waals surface area contributed by atoms with E-state index in [0.717, 1.165) is 63.1 Å². The van der Waals surface area contributed by atoms with Crippen molar-refractivity contribution in [2.45, 2.75) is 55.2 Å². The second-order valence-electron chi connectivity index (χ2n) is 12.4. The molecule has 0 unspecified atom stereocenters. The fraction of sp³-hybridized carbons (Fsp3) is 0.200. The second kappa shape index (κ2) is 12.8. The molecule has 0 spiro atoms. The van der Waals surface area contributed by atoms with E-state index in [1.165, 1.54) is 35.5 Å². The highest BCUT2D eigenvalue weighted by Crippen LogP contribution is 2.51. The second-order valence-corrected chi connectivity index (χ2v) is 14.7. The molecule has 8 heteroatoms. The molecule has 0 bridgehead atoms. The van der Waals surface area contributed by atoms with Gasteiger partial charge in [-0.2, -0.15) is 0 Å². The number of anilines is 4. The number of para-hydroxylation sites is 2. The molecule has 3 aliphatic rings. The van der Waals surface area contributed by atoms with E-state index in [1.54, 1.807) is 16.7 Å². The monoisotopic (exact) mass is 699 g/mol. The minimum atomic E-state index is -0.0288. The first-order valence-corrected chi connectivity index (χ1v) is 18.6. The SMILES string of the molecule is CCCCCCCCN1C(=O)c2ccc3c4c(ccc(c24)C1=S)C(=S)N(c1ccc(N2c4ccccc4Sc4ccccc42)cc1)C3=S. The van der Waals surface area contributed by atoms with Gasteiger partial charge in [-0.25, -0.2) is 0 Å². The summed E-state index contributed by atoms with van der Waals surface area (Å²) in [5.74, 6) is -0.0288. The summed E-state index contributed by atoms with van der Waals surface area (Å²) in [5, 5.41) is 1.81. The molecule has 3 aliphatic heterocycles. The van der Waals surface area contributed by atoms with Crippen LogP contribution in [0.4, 0.5) is 22.7 Å². The summed E-state index contributed by atoms with van der Waals surface area (Å²) in [6.45, 7) is 2.86. The molecule has 0 aliphatic carbocycles. The Morgan fingerprint density at radius 2 is 1.02 bits per heavy atom. The van der Waals surface area contributed by atoms with Crippen LogP contribution in [0.3, 0.4) is 0 Å². The minimum Gasteiger partial charge on any atom is -0.308 e. The fourth-order valence-corrected chi connectivity index (χ4v) is 9.34. The molecule has 0 saturated carbocycles. The van der Waals surface area contributed by atoms with E-state index >= 15 is 0 Å². The summed E-state index contributed by atoms with van der Waals surface area (Å²) < 4.78 is 0. The average Bonchev–Trinajstić information content (AvgIpc) is 3.11. The zero-order valence-corrected chi connectivity index (χ0v) is 29.8. The lowest BCUT2D eigenvalue weighted by molar-refractivity contribution is 0.0847. The zero-order valence-electron chi connectivity index (χ0n) is 26.6. The molecule has 0 radical (unpaired) electrons. The summed E-state index contributed by atoms with van der Waals surface area (Å²) >= 11 is 20.1. The van der Waals surface area contributed by atoms with Gasteiger partial charge in [0.05, 0.1) is 11.4 Å². The molecule has 3 heterocycles. The highest BCUT2D eigenvalue weighted by atomic mass is 32.2. The van der Waals surface area contributed by atoms with E-state index in [2.05, 4.69) is 90.7 Å². The van der Waals surface area contributed by atoms with Crippen molar-refractivity contribution in [3.05, 3.63) is 119 Å². The first-order chi connectivity index (χ1) is 23.5. The molecule has 0 N–H and O–H groups in total. The van der Waals surface area contributed by atoms with Gasteiger partial charge in [-0.3, -0.25) is 14.6 Å². The molecule has 5 aromatic carbocycles. The maximum atomic E-state index is 13.8. The quantitative estimate of drug-likeness (QED) is 0.109. The van der Waals surface area contributed by atoms with Crippen molar-refractivity contribution in [2.75, 3.05) is 16.3 Å². The van der Waals surface area contributed by atoms with Crippen molar-refractivity contribution in [2.24, 2.45) is 0 Å². The predicted octanol–water partition coefficient (Wildman–Crippen LogP) is 11.1. The van der Waals surface area contributed by atoms with E-state index in [9.17, 15) is 4.79 Å². The molecule has 8 rings (SSSR count). The Balaban J connectivity index is 1.11. The fourth-order valence-electron chi connectivity index (χ4n) is 7.15. The third-order valence-corrected chi connectivity index (χ3v) is 11.9. The van der Waals surface area contributed by atoms with E-state index in [4.69, 9.17) is 36.7 Å². The van der Waals surface area contributed by atoms with Crippen molar-refractivity contribution in [3.8, 4) is 0 Å².